The second kappa shape index (κ2) is 7.32. The molecule has 1 atom stereocenters. The summed E-state index contributed by atoms with van der Waals surface area (Å²) in [5.74, 6) is 0.103. The maximum absolute atomic E-state index is 11.1. The van der Waals surface area contributed by atoms with Crippen molar-refractivity contribution in [3.63, 3.8) is 0 Å². The molecule has 0 bridgehead atoms. The summed E-state index contributed by atoms with van der Waals surface area (Å²) in [6.07, 6.45) is 1.56. The fourth-order valence-corrected chi connectivity index (χ4v) is 1.24. The maximum atomic E-state index is 11.1. The molecule has 0 unspecified atom stereocenters. The van der Waals surface area contributed by atoms with E-state index >= 15 is 0 Å². The van der Waals surface area contributed by atoms with Crippen LogP contribution >= 0.6 is 0 Å². The van der Waals surface area contributed by atoms with Crippen molar-refractivity contribution in [1.29, 1.82) is 0 Å². The van der Waals surface area contributed by atoms with Crippen molar-refractivity contribution in [3.8, 4) is 5.75 Å². The van der Waals surface area contributed by atoms with Gasteiger partial charge in [-0.1, -0.05) is 17.3 Å². The van der Waals surface area contributed by atoms with Crippen LogP contribution in [-0.2, 0) is 14.4 Å². The van der Waals surface area contributed by atoms with E-state index in [-0.39, 0.29) is 18.5 Å². The van der Waals surface area contributed by atoms with Gasteiger partial charge in [-0.3, -0.25) is 4.79 Å². The SMILES string of the molecule is COC(=O)[C@H](C)CO/N=C/c1cccc(OC)c1. The molecule has 0 N–H and O–H groups in total. The van der Waals surface area contributed by atoms with Crippen molar-refractivity contribution in [1.82, 2.24) is 0 Å². The lowest BCUT2D eigenvalue weighted by Gasteiger charge is -2.06. The van der Waals surface area contributed by atoms with Crippen LogP contribution in [0.4, 0.5) is 0 Å². The van der Waals surface area contributed by atoms with E-state index in [4.69, 9.17) is 9.57 Å². The Balaban J connectivity index is 2.42. The van der Waals surface area contributed by atoms with E-state index in [1.165, 1.54) is 7.11 Å². The molecule has 0 fully saturated rings. The van der Waals surface area contributed by atoms with Crippen LogP contribution in [0.3, 0.4) is 0 Å². The number of carbonyl (C=O) groups is 1. The molecule has 0 aliphatic heterocycles. The average Bonchev–Trinajstić information content (AvgIpc) is 2.42. The monoisotopic (exact) mass is 251 g/mol. The molecular weight excluding hydrogens is 234 g/mol. The number of esters is 1. The van der Waals surface area contributed by atoms with E-state index in [1.807, 2.05) is 24.3 Å². The molecular formula is C13H17NO4. The number of oxime groups is 1. The minimum atomic E-state index is -0.336. The zero-order chi connectivity index (χ0) is 13.4. The predicted molar refractivity (Wildman–Crippen MR) is 67.7 cm³/mol. The Hall–Kier alpha value is -2.04. The lowest BCUT2D eigenvalue weighted by atomic mass is 10.2. The minimum Gasteiger partial charge on any atom is -0.497 e. The quantitative estimate of drug-likeness (QED) is 0.440. The first-order chi connectivity index (χ1) is 8.67. The number of methoxy groups -OCH3 is 2. The second-order valence-corrected chi connectivity index (χ2v) is 3.73. The molecule has 0 aliphatic rings. The van der Waals surface area contributed by atoms with Crippen LogP contribution in [0.2, 0.25) is 0 Å². The maximum Gasteiger partial charge on any atom is 0.311 e. The Morgan fingerprint density at radius 3 is 2.89 bits per heavy atom. The molecule has 0 aliphatic carbocycles. The van der Waals surface area contributed by atoms with E-state index in [1.54, 1.807) is 20.2 Å². The van der Waals surface area contributed by atoms with Crippen molar-refractivity contribution in [2.75, 3.05) is 20.8 Å². The molecule has 0 radical (unpaired) electrons. The smallest absolute Gasteiger partial charge is 0.311 e. The van der Waals surface area contributed by atoms with E-state index in [0.29, 0.717) is 0 Å². The molecule has 1 aromatic rings. The highest BCUT2D eigenvalue weighted by Gasteiger charge is 2.12. The van der Waals surface area contributed by atoms with Crippen molar-refractivity contribution >= 4 is 12.2 Å². The summed E-state index contributed by atoms with van der Waals surface area (Å²) in [5, 5.41) is 3.79. The molecule has 0 saturated heterocycles. The summed E-state index contributed by atoms with van der Waals surface area (Å²) in [7, 11) is 2.95. The van der Waals surface area contributed by atoms with Crippen molar-refractivity contribution < 1.29 is 19.1 Å². The molecule has 0 spiro atoms. The molecule has 18 heavy (non-hydrogen) atoms. The van der Waals surface area contributed by atoms with Crippen molar-refractivity contribution in [2.45, 2.75) is 6.92 Å². The average molecular weight is 251 g/mol. The number of nitrogens with zero attached hydrogens (tertiary/aromatic N) is 1. The Kier molecular flexibility index (Phi) is 5.70. The van der Waals surface area contributed by atoms with Gasteiger partial charge in [0.15, 0.2) is 0 Å². The van der Waals surface area contributed by atoms with E-state index < -0.39 is 0 Å². The van der Waals surface area contributed by atoms with Gasteiger partial charge in [0.25, 0.3) is 0 Å². The lowest BCUT2D eigenvalue weighted by molar-refractivity contribution is -0.146. The number of ether oxygens (including phenoxy) is 2. The van der Waals surface area contributed by atoms with Gasteiger partial charge < -0.3 is 14.3 Å². The van der Waals surface area contributed by atoms with E-state index in [0.717, 1.165) is 11.3 Å². The highest BCUT2D eigenvalue weighted by atomic mass is 16.6. The van der Waals surface area contributed by atoms with Crippen LogP contribution in [0.5, 0.6) is 5.75 Å². The minimum absolute atomic E-state index is 0.188. The van der Waals surface area contributed by atoms with Gasteiger partial charge in [0, 0.05) is 0 Å². The van der Waals surface area contributed by atoms with Crippen molar-refractivity contribution in [3.05, 3.63) is 29.8 Å². The fourth-order valence-electron chi connectivity index (χ4n) is 1.24. The van der Waals surface area contributed by atoms with Crippen LogP contribution < -0.4 is 4.74 Å². The molecule has 5 heteroatoms. The Morgan fingerprint density at radius 1 is 1.44 bits per heavy atom. The summed E-state index contributed by atoms with van der Waals surface area (Å²) in [6, 6.07) is 7.41. The largest absolute Gasteiger partial charge is 0.497 e. The molecule has 0 aromatic heterocycles. The third kappa shape index (κ3) is 4.45. The summed E-state index contributed by atoms with van der Waals surface area (Å²) in [6.45, 7) is 1.90. The zero-order valence-corrected chi connectivity index (χ0v) is 10.8. The van der Waals surface area contributed by atoms with Gasteiger partial charge in [-0.15, -0.1) is 0 Å². The highest BCUT2D eigenvalue weighted by Crippen LogP contribution is 2.10. The first kappa shape index (κ1) is 14.0. The Morgan fingerprint density at radius 2 is 2.22 bits per heavy atom. The number of rotatable bonds is 6. The molecule has 98 valence electrons. The highest BCUT2D eigenvalue weighted by molar-refractivity contribution is 5.79. The molecule has 1 rings (SSSR count). The van der Waals surface area contributed by atoms with Crippen LogP contribution in [0.15, 0.2) is 29.4 Å². The first-order valence-corrected chi connectivity index (χ1v) is 5.54. The van der Waals surface area contributed by atoms with Gasteiger partial charge in [-0.25, -0.2) is 0 Å². The molecule has 0 saturated carbocycles. The van der Waals surface area contributed by atoms with Gasteiger partial charge in [-0.2, -0.15) is 0 Å². The van der Waals surface area contributed by atoms with Crippen LogP contribution in [-0.4, -0.2) is 33.0 Å². The second-order valence-electron chi connectivity index (χ2n) is 3.73. The third-order valence-corrected chi connectivity index (χ3v) is 2.30. The van der Waals surface area contributed by atoms with Crippen LogP contribution in [0.25, 0.3) is 0 Å². The summed E-state index contributed by atoms with van der Waals surface area (Å²) < 4.78 is 9.65. The number of carbonyl (C=O) groups excluding carboxylic acids is 1. The summed E-state index contributed by atoms with van der Waals surface area (Å²) in [5.41, 5.74) is 0.861. The number of benzene rings is 1. The van der Waals surface area contributed by atoms with Gasteiger partial charge in [-0.05, 0) is 24.6 Å². The van der Waals surface area contributed by atoms with Gasteiger partial charge in [0.1, 0.15) is 12.4 Å². The zero-order valence-electron chi connectivity index (χ0n) is 10.8. The Labute approximate surface area is 106 Å². The van der Waals surface area contributed by atoms with E-state index in [2.05, 4.69) is 9.89 Å². The third-order valence-electron chi connectivity index (χ3n) is 2.30. The summed E-state index contributed by atoms with van der Waals surface area (Å²) >= 11 is 0. The van der Waals surface area contributed by atoms with Gasteiger partial charge in [0.05, 0.1) is 26.4 Å². The van der Waals surface area contributed by atoms with Crippen LogP contribution in [0, 0.1) is 5.92 Å². The topological polar surface area (TPSA) is 57.1 Å². The van der Waals surface area contributed by atoms with Gasteiger partial charge in [0.2, 0.25) is 0 Å². The summed E-state index contributed by atoms with van der Waals surface area (Å²) in [4.78, 5) is 16.1. The predicted octanol–water partition coefficient (Wildman–Crippen LogP) is 1.85. The van der Waals surface area contributed by atoms with Crippen molar-refractivity contribution in [2.24, 2.45) is 11.1 Å². The number of hydrogen-bond donors (Lipinski definition) is 0. The molecule has 5 nitrogen and oxygen atoms in total. The molecule has 1 aromatic carbocycles. The first-order valence-electron chi connectivity index (χ1n) is 5.54. The standard InChI is InChI=1S/C13H17NO4/c1-10(13(15)17-3)9-18-14-8-11-5-4-6-12(7-11)16-2/h4-8,10H,9H2,1-3H3/b14-8+/t10-/m1/s1. The molecule has 0 amide bonds. The fraction of sp³-hybridized carbons (Fsp3) is 0.385. The number of hydrogen-bond acceptors (Lipinski definition) is 5. The van der Waals surface area contributed by atoms with Crippen LogP contribution in [0.1, 0.15) is 12.5 Å². The molecule has 0 heterocycles. The Bertz CT molecular complexity index is 417. The van der Waals surface area contributed by atoms with E-state index in [9.17, 15) is 4.79 Å². The lowest BCUT2D eigenvalue weighted by Crippen LogP contribution is -2.17. The normalized spacial score (nSPS) is 12.2. The van der Waals surface area contributed by atoms with Gasteiger partial charge >= 0.3 is 5.97 Å².